The van der Waals surface area contributed by atoms with Crippen molar-refractivity contribution in [3.05, 3.63) is 29.8 Å². The van der Waals surface area contributed by atoms with Gasteiger partial charge in [-0.15, -0.1) is 0 Å². The molecular weight excluding hydrogens is 319 g/mol. The molecule has 0 saturated carbocycles. The third-order valence-electron chi connectivity index (χ3n) is 3.68. The smallest absolute Gasteiger partial charge is 0.295 e. The van der Waals surface area contributed by atoms with E-state index in [0.717, 1.165) is 6.07 Å². The fourth-order valence-corrected chi connectivity index (χ4v) is 4.26. The molecule has 1 aromatic carbocycles. The number of ketones is 1. The Morgan fingerprint density at radius 2 is 1.95 bits per heavy atom. The second kappa shape index (κ2) is 6.00. The van der Waals surface area contributed by atoms with Gasteiger partial charge in [-0.05, 0) is 31.9 Å². The molecule has 1 aliphatic rings. The molecule has 0 amide bonds. The van der Waals surface area contributed by atoms with Crippen molar-refractivity contribution in [1.29, 1.82) is 0 Å². The van der Waals surface area contributed by atoms with Crippen molar-refractivity contribution in [2.45, 2.75) is 43.3 Å². The number of Topliss-reactive ketones (excluding diaryl/α,β-unsaturated/α-hetero) is 1. The Balaban J connectivity index is 2.44. The summed E-state index contributed by atoms with van der Waals surface area (Å²) in [4.78, 5) is 11.1. The number of piperidine rings is 1. The molecule has 4 nitrogen and oxygen atoms in total. The van der Waals surface area contributed by atoms with Crippen LogP contribution in [0.1, 0.15) is 36.5 Å². The number of carbonyl (C=O) groups is 1. The first-order valence-electron chi connectivity index (χ1n) is 6.83. The average Bonchev–Trinajstić information content (AvgIpc) is 2.46. The molecule has 1 saturated heterocycles. The summed E-state index contributed by atoms with van der Waals surface area (Å²) in [6, 6.07) is 3.12. The van der Waals surface area contributed by atoms with E-state index in [2.05, 4.69) is 0 Å². The fraction of sp³-hybridized carbons (Fsp3) is 0.500. The van der Waals surface area contributed by atoms with Gasteiger partial charge in [-0.1, -0.05) is 18.6 Å². The molecule has 0 aromatic heterocycles. The first-order chi connectivity index (χ1) is 10.1. The maximum atomic E-state index is 13.1. The largest absolute Gasteiger partial charge is 0.405 e. The van der Waals surface area contributed by atoms with Crippen LogP contribution < -0.4 is 0 Å². The van der Waals surface area contributed by atoms with Crippen LogP contribution in [0.15, 0.2) is 29.2 Å². The van der Waals surface area contributed by atoms with E-state index in [4.69, 9.17) is 0 Å². The minimum Gasteiger partial charge on any atom is -0.295 e. The van der Waals surface area contributed by atoms with Crippen molar-refractivity contribution in [2.75, 3.05) is 6.54 Å². The van der Waals surface area contributed by atoms with E-state index in [1.807, 2.05) is 0 Å². The highest BCUT2D eigenvalue weighted by atomic mass is 32.2. The van der Waals surface area contributed by atoms with Crippen LogP contribution in [0.4, 0.5) is 13.2 Å². The highest BCUT2D eigenvalue weighted by Crippen LogP contribution is 2.35. The summed E-state index contributed by atoms with van der Waals surface area (Å²) < 4.78 is 64.8. The third kappa shape index (κ3) is 3.33. The van der Waals surface area contributed by atoms with Crippen molar-refractivity contribution >= 4 is 15.8 Å². The van der Waals surface area contributed by atoms with Gasteiger partial charge in [-0.25, -0.2) is 8.42 Å². The van der Waals surface area contributed by atoms with E-state index in [-0.39, 0.29) is 29.2 Å². The Bertz CT molecular complexity index is 670. The lowest BCUT2D eigenvalue weighted by molar-refractivity contribution is -0.177. The Labute approximate surface area is 127 Å². The van der Waals surface area contributed by atoms with Gasteiger partial charge in [-0.2, -0.15) is 17.5 Å². The number of hydrogen-bond acceptors (Lipinski definition) is 3. The summed E-state index contributed by atoms with van der Waals surface area (Å²) in [5, 5.41) is 0. The van der Waals surface area contributed by atoms with Crippen molar-refractivity contribution in [3.8, 4) is 0 Å². The number of rotatable bonds is 3. The molecule has 1 atom stereocenters. The van der Waals surface area contributed by atoms with Crippen molar-refractivity contribution in [3.63, 3.8) is 0 Å². The zero-order chi connectivity index (χ0) is 16.5. The van der Waals surface area contributed by atoms with E-state index in [1.54, 1.807) is 0 Å². The van der Waals surface area contributed by atoms with Gasteiger partial charge in [0.05, 0.1) is 4.90 Å². The molecule has 122 valence electrons. The molecule has 1 unspecified atom stereocenters. The predicted octanol–water partition coefficient (Wildman–Crippen LogP) is 2.99. The summed E-state index contributed by atoms with van der Waals surface area (Å²) in [7, 11) is -4.29. The van der Waals surface area contributed by atoms with E-state index in [0.29, 0.717) is 17.1 Å². The molecule has 1 aliphatic heterocycles. The predicted molar refractivity (Wildman–Crippen MR) is 74.0 cm³/mol. The van der Waals surface area contributed by atoms with E-state index in [9.17, 15) is 26.4 Å². The van der Waals surface area contributed by atoms with Crippen LogP contribution in [0.2, 0.25) is 0 Å². The lowest BCUT2D eigenvalue weighted by atomic mass is 10.0. The van der Waals surface area contributed by atoms with Crippen molar-refractivity contribution < 1.29 is 26.4 Å². The van der Waals surface area contributed by atoms with Crippen molar-refractivity contribution in [2.24, 2.45) is 0 Å². The molecule has 1 fully saturated rings. The fourth-order valence-electron chi connectivity index (χ4n) is 2.53. The zero-order valence-electron chi connectivity index (χ0n) is 11.9. The second-order valence-corrected chi connectivity index (χ2v) is 7.14. The van der Waals surface area contributed by atoms with Crippen LogP contribution >= 0.6 is 0 Å². The second-order valence-electron chi connectivity index (χ2n) is 5.25. The minimum absolute atomic E-state index is 0.154. The summed E-state index contributed by atoms with van der Waals surface area (Å²) in [5.74, 6) is -0.344. The Hall–Kier alpha value is -1.41. The Morgan fingerprint density at radius 3 is 2.55 bits per heavy atom. The zero-order valence-corrected chi connectivity index (χ0v) is 12.7. The van der Waals surface area contributed by atoms with Crippen molar-refractivity contribution in [1.82, 2.24) is 4.31 Å². The molecule has 1 aromatic rings. The van der Waals surface area contributed by atoms with Crippen LogP contribution in [-0.2, 0) is 10.0 Å². The molecule has 0 radical (unpaired) electrons. The molecule has 22 heavy (non-hydrogen) atoms. The SMILES string of the molecule is CC(=O)c1cccc(S(=O)(=O)N2CCCCC2C(F)(F)F)c1. The van der Waals surface area contributed by atoms with Crippen LogP contribution in [0.25, 0.3) is 0 Å². The number of hydrogen-bond donors (Lipinski definition) is 0. The maximum Gasteiger partial charge on any atom is 0.405 e. The summed E-state index contributed by atoms with van der Waals surface area (Å²) >= 11 is 0. The highest BCUT2D eigenvalue weighted by Gasteiger charge is 2.49. The maximum absolute atomic E-state index is 13.1. The number of nitrogens with zero attached hydrogens (tertiary/aromatic N) is 1. The minimum atomic E-state index is -4.61. The molecule has 1 heterocycles. The van der Waals surface area contributed by atoms with Gasteiger partial charge in [0.15, 0.2) is 5.78 Å². The van der Waals surface area contributed by atoms with Gasteiger partial charge in [0.25, 0.3) is 0 Å². The number of halogens is 3. The first-order valence-corrected chi connectivity index (χ1v) is 8.27. The van der Waals surface area contributed by atoms with Gasteiger partial charge in [0, 0.05) is 12.1 Å². The monoisotopic (exact) mass is 335 g/mol. The molecule has 0 N–H and O–H groups in total. The van der Waals surface area contributed by atoms with E-state index < -0.39 is 22.2 Å². The Kier molecular flexibility index (Phi) is 4.62. The normalized spacial score (nSPS) is 20.8. The van der Waals surface area contributed by atoms with Gasteiger partial charge in [-0.3, -0.25) is 4.79 Å². The topological polar surface area (TPSA) is 54.5 Å². The number of carbonyl (C=O) groups excluding carboxylic acids is 1. The molecule has 0 aliphatic carbocycles. The summed E-state index contributed by atoms with van der Waals surface area (Å²) in [5.41, 5.74) is 0.154. The van der Waals surface area contributed by atoms with Gasteiger partial charge in [0.2, 0.25) is 10.0 Å². The molecule has 8 heteroatoms. The molecular formula is C14H16F3NO3S. The lowest BCUT2D eigenvalue weighted by Crippen LogP contribution is -2.51. The van der Waals surface area contributed by atoms with Crippen LogP contribution in [0.3, 0.4) is 0 Å². The number of alkyl halides is 3. The van der Waals surface area contributed by atoms with Crippen LogP contribution in [-0.4, -0.2) is 37.3 Å². The first kappa shape index (κ1) is 17.0. The summed E-state index contributed by atoms with van der Waals surface area (Å²) in [6.07, 6.45) is -4.12. The standard InChI is InChI=1S/C14H16F3NO3S/c1-10(19)11-5-4-6-12(9-11)22(20,21)18-8-3-2-7-13(18)14(15,16)17/h4-6,9,13H,2-3,7-8H2,1H3. The van der Waals surface area contributed by atoms with Gasteiger partial charge < -0.3 is 0 Å². The summed E-state index contributed by atoms with van der Waals surface area (Å²) in [6.45, 7) is 1.10. The molecule has 2 rings (SSSR count). The molecule has 0 bridgehead atoms. The van der Waals surface area contributed by atoms with E-state index >= 15 is 0 Å². The van der Waals surface area contributed by atoms with Crippen LogP contribution in [0, 0.1) is 0 Å². The Morgan fingerprint density at radius 1 is 1.27 bits per heavy atom. The average molecular weight is 335 g/mol. The quantitative estimate of drug-likeness (QED) is 0.798. The number of sulfonamides is 1. The van der Waals surface area contributed by atoms with Gasteiger partial charge in [0.1, 0.15) is 6.04 Å². The van der Waals surface area contributed by atoms with Crippen LogP contribution in [0.5, 0.6) is 0 Å². The highest BCUT2D eigenvalue weighted by molar-refractivity contribution is 7.89. The lowest BCUT2D eigenvalue weighted by Gasteiger charge is -2.35. The number of benzene rings is 1. The van der Waals surface area contributed by atoms with Gasteiger partial charge >= 0.3 is 6.18 Å². The molecule has 0 spiro atoms. The van der Waals surface area contributed by atoms with E-state index in [1.165, 1.54) is 25.1 Å². The third-order valence-corrected chi connectivity index (χ3v) is 5.58.